The summed E-state index contributed by atoms with van der Waals surface area (Å²) in [6.07, 6.45) is 2.17. The largest absolute Gasteiger partial charge is 0.338 e. The van der Waals surface area contributed by atoms with E-state index in [1.54, 1.807) is 11.9 Å². The highest BCUT2D eigenvalue weighted by atomic mass is 32.2. The van der Waals surface area contributed by atoms with Gasteiger partial charge in [-0.15, -0.1) is 0 Å². The van der Waals surface area contributed by atoms with Crippen LogP contribution in [0.25, 0.3) is 0 Å². The second-order valence-corrected chi connectivity index (χ2v) is 8.84. The highest BCUT2D eigenvalue weighted by molar-refractivity contribution is 7.91. The fourth-order valence-corrected chi connectivity index (χ4v) is 5.08. The van der Waals surface area contributed by atoms with E-state index in [0.29, 0.717) is 12.0 Å². The molecule has 25 heavy (non-hydrogen) atoms. The molecule has 3 rings (SSSR count). The lowest BCUT2D eigenvalue weighted by molar-refractivity contribution is 0.0746. The lowest BCUT2D eigenvalue weighted by Gasteiger charge is -2.24. The molecule has 0 unspecified atom stereocenters. The Balaban J connectivity index is 1.74. The van der Waals surface area contributed by atoms with E-state index in [9.17, 15) is 13.2 Å². The monoisotopic (exact) mass is 357 g/mol. The van der Waals surface area contributed by atoms with Crippen LogP contribution in [0.2, 0.25) is 0 Å². The summed E-state index contributed by atoms with van der Waals surface area (Å²) < 4.78 is 23.4. The van der Waals surface area contributed by atoms with Gasteiger partial charge in [0.2, 0.25) is 0 Å². The van der Waals surface area contributed by atoms with Gasteiger partial charge in [-0.3, -0.25) is 4.79 Å². The summed E-state index contributed by atoms with van der Waals surface area (Å²) in [4.78, 5) is 14.5. The van der Waals surface area contributed by atoms with Crippen LogP contribution in [-0.4, -0.2) is 43.8 Å². The van der Waals surface area contributed by atoms with Crippen LogP contribution in [0.4, 0.5) is 0 Å². The molecule has 1 fully saturated rings. The lowest BCUT2D eigenvalue weighted by Crippen LogP contribution is -2.38. The first kappa shape index (κ1) is 17.7. The van der Waals surface area contributed by atoms with Crippen LogP contribution < -0.4 is 0 Å². The summed E-state index contributed by atoms with van der Waals surface area (Å²) in [6.45, 7) is 0. The maximum Gasteiger partial charge on any atom is 0.254 e. The van der Waals surface area contributed by atoms with Crippen molar-refractivity contribution in [2.75, 3.05) is 18.6 Å². The Morgan fingerprint density at radius 2 is 1.72 bits per heavy atom. The number of benzene rings is 2. The average Bonchev–Trinajstić information content (AvgIpc) is 3.00. The number of nitrogens with zero attached hydrogens (tertiary/aromatic N) is 1. The molecule has 0 aromatic heterocycles. The standard InChI is InChI=1S/C20H23NO3S/c1-21(18-13-14-25(23,24)15-18)20(22)19-10-6-5-9-17(19)12-11-16-7-3-2-4-8-16/h2-10,18H,11-15H2,1H3/t18-/m1/s1. The van der Waals surface area contributed by atoms with Gasteiger partial charge in [-0.1, -0.05) is 48.5 Å². The molecule has 5 heteroatoms. The number of hydrogen-bond acceptors (Lipinski definition) is 3. The third kappa shape index (κ3) is 4.28. The number of carbonyl (C=O) groups is 1. The quantitative estimate of drug-likeness (QED) is 0.827. The Bertz CT molecular complexity index is 846. The third-order valence-corrected chi connectivity index (χ3v) is 6.60. The number of amides is 1. The normalized spacial score (nSPS) is 18.8. The van der Waals surface area contributed by atoms with Crippen molar-refractivity contribution in [3.05, 3.63) is 71.3 Å². The highest BCUT2D eigenvalue weighted by Crippen LogP contribution is 2.21. The van der Waals surface area contributed by atoms with Crippen molar-refractivity contribution >= 4 is 15.7 Å². The van der Waals surface area contributed by atoms with Crippen molar-refractivity contribution in [1.82, 2.24) is 4.90 Å². The van der Waals surface area contributed by atoms with Crippen molar-refractivity contribution in [2.45, 2.75) is 25.3 Å². The minimum absolute atomic E-state index is 0.0709. The second-order valence-electron chi connectivity index (χ2n) is 6.62. The predicted molar refractivity (Wildman–Crippen MR) is 99.4 cm³/mol. The molecule has 0 saturated carbocycles. The first-order valence-corrected chi connectivity index (χ1v) is 10.4. The van der Waals surface area contributed by atoms with Gasteiger partial charge in [0.1, 0.15) is 0 Å². The van der Waals surface area contributed by atoms with Gasteiger partial charge in [0, 0.05) is 18.7 Å². The predicted octanol–water partition coefficient (Wildman–Crippen LogP) is 2.73. The lowest BCUT2D eigenvalue weighted by atomic mass is 9.98. The molecular weight excluding hydrogens is 334 g/mol. The van der Waals surface area contributed by atoms with Gasteiger partial charge in [-0.2, -0.15) is 0 Å². The van der Waals surface area contributed by atoms with Crippen LogP contribution in [0.5, 0.6) is 0 Å². The van der Waals surface area contributed by atoms with E-state index in [2.05, 4.69) is 12.1 Å². The molecular formula is C20H23NO3S. The Kier molecular flexibility index (Phi) is 5.23. The van der Waals surface area contributed by atoms with Crippen molar-refractivity contribution in [3.63, 3.8) is 0 Å². The molecule has 0 N–H and O–H groups in total. The first-order valence-electron chi connectivity index (χ1n) is 8.56. The number of carbonyl (C=O) groups excluding carboxylic acids is 1. The Morgan fingerprint density at radius 1 is 1.04 bits per heavy atom. The molecule has 1 aliphatic rings. The molecule has 1 saturated heterocycles. The van der Waals surface area contributed by atoms with E-state index in [-0.39, 0.29) is 23.5 Å². The van der Waals surface area contributed by atoms with Gasteiger partial charge < -0.3 is 4.90 Å². The minimum Gasteiger partial charge on any atom is -0.338 e. The van der Waals surface area contributed by atoms with E-state index < -0.39 is 9.84 Å². The maximum absolute atomic E-state index is 12.9. The molecule has 1 heterocycles. The van der Waals surface area contributed by atoms with Crippen LogP contribution in [0, 0.1) is 0 Å². The molecule has 0 spiro atoms. The molecule has 2 aromatic rings. The van der Waals surface area contributed by atoms with E-state index in [1.165, 1.54) is 5.56 Å². The van der Waals surface area contributed by atoms with E-state index in [4.69, 9.17) is 0 Å². The molecule has 4 nitrogen and oxygen atoms in total. The summed E-state index contributed by atoms with van der Waals surface area (Å²) in [6, 6.07) is 17.6. The second kappa shape index (κ2) is 7.40. The van der Waals surface area contributed by atoms with Gasteiger partial charge >= 0.3 is 0 Å². The van der Waals surface area contributed by atoms with E-state index >= 15 is 0 Å². The molecule has 1 aliphatic heterocycles. The molecule has 1 amide bonds. The topological polar surface area (TPSA) is 54.5 Å². The van der Waals surface area contributed by atoms with Crippen LogP contribution in [0.1, 0.15) is 27.9 Å². The highest BCUT2D eigenvalue weighted by Gasteiger charge is 2.33. The summed E-state index contributed by atoms with van der Waals surface area (Å²) in [7, 11) is -1.30. The first-order chi connectivity index (χ1) is 12.0. The number of aryl methyl sites for hydroxylation is 2. The fourth-order valence-electron chi connectivity index (χ4n) is 3.31. The molecule has 0 aliphatic carbocycles. The summed E-state index contributed by atoms with van der Waals surface area (Å²) in [5.74, 6) is 0.151. The summed E-state index contributed by atoms with van der Waals surface area (Å²) in [5, 5.41) is 0. The zero-order chi connectivity index (χ0) is 17.9. The fraction of sp³-hybridized carbons (Fsp3) is 0.350. The van der Waals surface area contributed by atoms with E-state index in [1.807, 2.05) is 42.5 Å². The Morgan fingerprint density at radius 3 is 2.40 bits per heavy atom. The molecule has 0 radical (unpaired) electrons. The maximum atomic E-state index is 12.9. The summed E-state index contributed by atoms with van der Waals surface area (Å²) in [5.41, 5.74) is 2.91. The minimum atomic E-state index is -3.01. The van der Waals surface area contributed by atoms with Crippen LogP contribution in [-0.2, 0) is 22.7 Å². The van der Waals surface area contributed by atoms with E-state index in [0.717, 1.165) is 18.4 Å². The van der Waals surface area contributed by atoms with Crippen molar-refractivity contribution in [1.29, 1.82) is 0 Å². The van der Waals surface area contributed by atoms with Crippen LogP contribution in [0.15, 0.2) is 54.6 Å². The molecule has 1 atom stereocenters. The van der Waals surface area contributed by atoms with Gasteiger partial charge in [0.15, 0.2) is 9.84 Å². The number of hydrogen-bond donors (Lipinski definition) is 0. The zero-order valence-electron chi connectivity index (χ0n) is 14.4. The Labute approximate surface area is 149 Å². The van der Waals surface area contributed by atoms with Gasteiger partial charge in [-0.05, 0) is 36.5 Å². The van der Waals surface area contributed by atoms with Crippen molar-refractivity contribution < 1.29 is 13.2 Å². The van der Waals surface area contributed by atoms with Gasteiger partial charge in [-0.25, -0.2) is 8.42 Å². The smallest absolute Gasteiger partial charge is 0.254 e. The third-order valence-electron chi connectivity index (χ3n) is 4.85. The van der Waals surface area contributed by atoms with Gasteiger partial charge in [0.25, 0.3) is 5.91 Å². The van der Waals surface area contributed by atoms with Crippen LogP contribution in [0.3, 0.4) is 0 Å². The van der Waals surface area contributed by atoms with Crippen molar-refractivity contribution in [3.8, 4) is 0 Å². The number of rotatable bonds is 5. The zero-order valence-corrected chi connectivity index (χ0v) is 15.2. The van der Waals surface area contributed by atoms with Crippen molar-refractivity contribution in [2.24, 2.45) is 0 Å². The summed E-state index contributed by atoms with van der Waals surface area (Å²) >= 11 is 0. The molecule has 0 bridgehead atoms. The van der Waals surface area contributed by atoms with Gasteiger partial charge in [0.05, 0.1) is 11.5 Å². The Hall–Kier alpha value is -2.14. The molecule has 132 valence electrons. The van der Waals surface area contributed by atoms with Crippen LogP contribution >= 0.6 is 0 Å². The average molecular weight is 357 g/mol. The molecule has 2 aromatic carbocycles. The SMILES string of the molecule is CN(C(=O)c1ccccc1CCc1ccccc1)[C@@H]1CCS(=O)(=O)C1. The number of sulfone groups is 1.